The Morgan fingerprint density at radius 2 is 2.09 bits per heavy atom. The molecule has 1 aromatic carbocycles. The molecule has 1 saturated carbocycles. The molecule has 1 aliphatic rings. The molecule has 9 heteroatoms. The van der Waals surface area contributed by atoms with E-state index in [9.17, 15) is 14.0 Å². The first-order chi connectivity index (χ1) is 11.1. The van der Waals surface area contributed by atoms with Crippen molar-refractivity contribution in [2.24, 2.45) is 0 Å². The van der Waals surface area contributed by atoms with Crippen LogP contribution in [0.4, 0.5) is 14.9 Å². The molecule has 0 bridgehead atoms. The van der Waals surface area contributed by atoms with Crippen LogP contribution in [0.25, 0.3) is 0 Å². The number of hydrogen-bond acceptors (Lipinski definition) is 6. The number of anilines is 1. The molecule has 0 atom stereocenters. The number of nitrogens with one attached hydrogen (secondary N) is 2. The van der Waals surface area contributed by atoms with Gasteiger partial charge in [0.2, 0.25) is 11.8 Å². The molecule has 0 spiro atoms. The molecular weight excluding hydrogens is 323 g/mol. The Kier molecular flexibility index (Phi) is 4.56. The maximum atomic E-state index is 13.4. The highest BCUT2D eigenvalue weighted by Gasteiger charge is 2.29. The van der Waals surface area contributed by atoms with E-state index >= 15 is 0 Å². The fraction of sp³-hybridized carbons (Fsp3) is 0.286. The lowest BCUT2D eigenvalue weighted by Crippen LogP contribution is -2.35. The molecule has 2 aromatic rings. The number of nitrogens with zero attached hydrogens (tertiary/aromatic N) is 2. The largest absolute Gasteiger partial charge is 0.416 e. The Hall–Kier alpha value is -2.42. The van der Waals surface area contributed by atoms with Crippen molar-refractivity contribution in [3.05, 3.63) is 36.0 Å². The average Bonchev–Trinajstić information content (AvgIpc) is 3.26. The second-order valence-electron chi connectivity index (χ2n) is 4.95. The molecule has 3 rings (SSSR count). The van der Waals surface area contributed by atoms with Gasteiger partial charge in [-0.15, -0.1) is 10.2 Å². The second kappa shape index (κ2) is 6.78. The minimum atomic E-state index is -0.801. The van der Waals surface area contributed by atoms with Crippen molar-refractivity contribution in [3.63, 3.8) is 0 Å². The van der Waals surface area contributed by atoms with E-state index in [1.807, 2.05) is 0 Å². The van der Waals surface area contributed by atoms with Gasteiger partial charge in [0.15, 0.2) is 0 Å². The van der Waals surface area contributed by atoms with Crippen molar-refractivity contribution in [1.82, 2.24) is 15.5 Å². The molecule has 120 valence electrons. The van der Waals surface area contributed by atoms with Gasteiger partial charge in [0.1, 0.15) is 5.82 Å². The van der Waals surface area contributed by atoms with E-state index in [1.54, 1.807) is 6.07 Å². The lowest BCUT2D eigenvalue weighted by molar-refractivity contribution is -0.117. The second-order valence-corrected chi connectivity index (χ2v) is 5.88. The highest BCUT2D eigenvalue weighted by atomic mass is 32.2. The smallest absolute Gasteiger partial charge is 0.325 e. The van der Waals surface area contributed by atoms with Gasteiger partial charge in [-0.2, -0.15) is 0 Å². The van der Waals surface area contributed by atoms with Gasteiger partial charge in [0.25, 0.3) is 5.22 Å². The number of rotatable bonds is 5. The molecule has 0 aliphatic heterocycles. The molecule has 1 heterocycles. The molecule has 1 aromatic heterocycles. The molecule has 1 aliphatic carbocycles. The summed E-state index contributed by atoms with van der Waals surface area (Å²) in [5.74, 6) is -0.253. The van der Waals surface area contributed by atoms with Gasteiger partial charge in [-0.1, -0.05) is 23.9 Å². The van der Waals surface area contributed by atoms with Crippen molar-refractivity contribution in [2.45, 2.75) is 24.0 Å². The standard InChI is InChI=1S/C14H13FN4O3S/c15-9-3-1-2-4-10(9)16-13(21)17-11(20)7-23-14-19-18-12(22-14)8-5-6-8/h1-4,8H,5-7H2,(H2,16,17,20,21). The van der Waals surface area contributed by atoms with Gasteiger partial charge in [0.05, 0.1) is 11.4 Å². The van der Waals surface area contributed by atoms with E-state index in [-0.39, 0.29) is 16.7 Å². The lowest BCUT2D eigenvalue weighted by Gasteiger charge is -2.06. The Labute approximate surface area is 135 Å². The monoisotopic (exact) mass is 336 g/mol. The van der Waals surface area contributed by atoms with Gasteiger partial charge in [-0.3, -0.25) is 10.1 Å². The molecule has 23 heavy (non-hydrogen) atoms. The summed E-state index contributed by atoms with van der Waals surface area (Å²) in [7, 11) is 0. The van der Waals surface area contributed by atoms with Crippen LogP contribution in [0.1, 0.15) is 24.7 Å². The number of amides is 3. The zero-order chi connectivity index (χ0) is 16.2. The normalized spacial score (nSPS) is 13.6. The van der Waals surface area contributed by atoms with Crippen LogP contribution in [0, 0.1) is 5.82 Å². The van der Waals surface area contributed by atoms with E-state index < -0.39 is 17.8 Å². The number of imide groups is 1. The maximum Gasteiger partial charge on any atom is 0.325 e. The van der Waals surface area contributed by atoms with Crippen LogP contribution in [-0.2, 0) is 4.79 Å². The third-order valence-corrected chi connectivity index (χ3v) is 3.87. The maximum absolute atomic E-state index is 13.4. The summed E-state index contributed by atoms with van der Waals surface area (Å²) in [4.78, 5) is 23.3. The lowest BCUT2D eigenvalue weighted by atomic mass is 10.3. The van der Waals surface area contributed by atoms with Crippen LogP contribution in [-0.4, -0.2) is 27.9 Å². The Balaban J connectivity index is 1.44. The van der Waals surface area contributed by atoms with Gasteiger partial charge < -0.3 is 9.73 Å². The van der Waals surface area contributed by atoms with Crippen LogP contribution in [0.2, 0.25) is 0 Å². The molecular formula is C14H13FN4O3S. The summed E-state index contributed by atoms with van der Waals surface area (Å²) in [6.07, 6.45) is 2.09. The van der Waals surface area contributed by atoms with Crippen molar-refractivity contribution in [3.8, 4) is 0 Å². The van der Waals surface area contributed by atoms with E-state index in [0.29, 0.717) is 11.8 Å². The zero-order valence-corrected chi connectivity index (χ0v) is 12.7. The Morgan fingerprint density at radius 1 is 1.30 bits per heavy atom. The molecule has 2 N–H and O–H groups in total. The SMILES string of the molecule is O=C(CSc1nnc(C2CC2)o1)NC(=O)Nc1ccccc1F. The quantitative estimate of drug-likeness (QED) is 0.814. The third kappa shape index (κ3) is 4.28. The van der Waals surface area contributed by atoms with Gasteiger partial charge in [0, 0.05) is 5.92 Å². The van der Waals surface area contributed by atoms with Crippen LogP contribution in [0.3, 0.4) is 0 Å². The Bertz CT molecular complexity index is 732. The number of aromatic nitrogens is 2. The molecule has 0 unspecified atom stereocenters. The first-order valence-corrected chi connectivity index (χ1v) is 7.92. The van der Waals surface area contributed by atoms with Crippen LogP contribution < -0.4 is 10.6 Å². The minimum absolute atomic E-state index is 0.00331. The number of halogens is 1. The van der Waals surface area contributed by atoms with Crippen molar-refractivity contribution in [1.29, 1.82) is 0 Å². The fourth-order valence-electron chi connectivity index (χ4n) is 1.78. The average molecular weight is 336 g/mol. The highest BCUT2D eigenvalue weighted by Crippen LogP contribution is 2.39. The number of hydrogen-bond donors (Lipinski definition) is 2. The van der Waals surface area contributed by atoms with E-state index in [2.05, 4.69) is 20.8 Å². The summed E-state index contributed by atoms with van der Waals surface area (Å²) in [6, 6.07) is 4.88. The van der Waals surface area contributed by atoms with Crippen molar-refractivity contribution >= 4 is 29.4 Å². The third-order valence-electron chi connectivity index (χ3n) is 3.05. The number of benzene rings is 1. The van der Waals surface area contributed by atoms with E-state index in [4.69, 9.17) is 4.42 Å². The summed E-state index contributed by atoms with van der Waals surface area (Å²) >= 11 is 1.04. The topological polar surface area (TPSA) is 97.1 Å². The van der Waals surface area contributed by atoms with E-state index in [0.717, 1.165) is 24.6 Å². The van der Waals surface area contributed by atoms with E-state index in [1.165, 1.54) is 18.2 Å². The molecule has 0 saturated heterocycles. The molecule has 7 nitrogen and oxygen atoms in total. The molecule has 1 fully saturated rings. The number of carbonyl (C=O) groups is 2. The number of thioether (sulfide) groups is 1. The zero-order valence-electron chi connectivity index (χ0n) is 11.9. The molecule has 0 radical (unpaired) electrons. The highest BCUT2D eigenvalue weighted by molar-refractivity contribution is 7.99. The van der Waals surface area contributed by atoms with Gasteiger partial charge in [-0.25, -0.2) is 9.18 Å². The summed E-state index contributed by atoms with van der Waals surface area (Å²) < 4.78 is 18.8. The minimum Gasteiger partial charge on any atom is -0.416 e. The Morgan fingerprint density at radius 3 is 2.83 bits per heavy atom. The van der Waals surface area contributed by atoms with Crippen LogP contribution >= 0.6 is 11.8 Å². The fourth-order valence-corrected chi connectivity index (χ4v) is 2.35. The number of para-hydroxylation sites is 1. The van der Waals surface area contributed by atoms with Gasteiger partial charge in [-0.05, 0) is 25.0 Å². The van der Waals surface area contributed by atoms with Crippen molar-refractivity contribution in [2.75, 3.05) is 11.1 Å². The first-order valence-electron chi connectivity index (χ1n) is 6.93. The summed E-state index contributed by atoms with van der Waals surface area (Å²) in [5, 5.41) is 12.4. The predicted octanol–water partition coefficient (Wildman–Crippen LogP) is 2.53. The summed E-state index contributed by atoms with van der Waals surface area (Å²) in [6.45, 7) is 0. The summed E-state index contributed by atoms with van der Waals surface area (Å²) in [5.41, 5.74) is -0.00331. The van der Waals surface area contributed by atoms with Crippen LogP contribution in [0.5, 0.6) is 0 Å². The van der Waals surface area contributed by atoms with Gasteiger partial charge >= 0.3 is 6.03 Å². The first kappa shape index (κ1) is 15.5. The van der Waals surface area contributed by atoms with Crippen LogP contribution in [0.15, 0.2) is 33.9 Å². The molecule has 3 amide bonds. The van der Waals surface area contributed by atoms with Crippen molar-refractivity contribution < 1.29 is 18.4 Å². The number of carbonyl (C=O) groups excluding carboxylic acids is 2. The number of urea groups is 1. The predicted molar refractivity (Wildman–Crippen MR) is 80.6 cm³/mol.